The zero-order valence-electron chi connectivity index (χ0n) is 11.6. The Morgan fingerprint density at radius 2 is 2.17 bits per heavy atom. The van der Waals surface area contributed by atoms with Gasteiger partial charge in [0, 0.05) is 24.2 Å². The monoisotopic (exact) mass is 267 g/mol. The van der Waals surface area contributed by atoms with Gasteiger partial charge in [-0.3, -0.25) is 4.90 Å². The molecule has 1 N–H and O–H groups in total. The van der Waals surface area contributed by atoms with Crippen LogP contribution in [0.2, 0.25) is 0 Å². The van der Waals surface area contributed by atoms with Gasteiger partial charge >= 0.3 is 0 Å². The molecule has 1 saturated heterocycles. The summed E-state index contributed by atoms with van der Waals surface area (Å²) in [6, 6.07) is 0. The molecule has 0 unspecified atom stereocenters. The number of piperidine rings is 1. The van der Waals surface area contributed by atoms with Gasteiger partial charge in [0.1, 0.15) is 0 Å². The highest BCUT2D eigenvalue weighted by Gasteiger charge is 2.18. The van der Waals surface area contributed by atoms with Crippen LogP contribution in [0.3, 0.4) is 0 Å². The minimum absolute atomic E-state index is 0.962. The molecule has 1 aliphatic heterocycles. The maximum absolute atomic E-state index is 4.43. The summed E-state index contributed by atoms with van der Waals surface area (Å²) in [5, 5.41) is 4.44. The Morgan fingerprint density at radius 1 is 1.39 bits per heavy atom. The van der Waals surface area contributed by atoms with Gasteiger partial charge in [-0.05, 0) is 38.3 Å². The van der Waals surface area contributed by atoms with E-state index in [1.54, 1.807) is 0 Å². The predicted octanol–water partition coefficient (Wildman–Crippen LogP) is 3.59. The van der Waals surface area contributed by atoms with Crippen LogP contribution in [0.1, 0.15) is 44.4 Å². The van der Waals surface area contributed by atoms with E-state index in [0.29, 0.717) is 0 Å². The second-order valence-corrected chi connectivity index (χ2v) is 6.30. The van der Waals surface area contributed by atoms with Crippen LogP contribution < -0.4 is 5.32 Å². The molecular weight excluding hydrogens is 242 g/mol. The maximum Gasteiger partial charge on any atom is 0.182 e. The van der Waals surface area contributed by atoms with E-state index in [9.17, 15) is 0 Å². The third-order valence-electron chi connectivity index (χ3n) is 3.74. The van der Waals surface area contributed by atoms with Gasteiger partial charge in [-0.25, -0.2) is 4.98 Å². The van der Waals surface area contributed by atoms with Crippen molar-refractivity contribution in [3.05, 3.63) is 11.1 Å². The highest BCUT2D eigenvalue weighted by molar-refractivity contribution is 7.15. The number of thiazole rings is 1. The van der Waals surface area contributed by atoms with Gasteiger partial charge in [-0.2, -0.15) is 0 Å². The number of likely N-dealkylation sites (tertiary alicyclic amines) is 1. The number of nitrogens with zero attached hydrogens (tertiary/aromatic N) is 2. The lowest BCUT2D eigenvalue weighted by atomic mass is 9.94. The van der Waals surface area contributed by atoms with Crippen LogP contribution in [-0.4, -0.2) is 29.5 Å². The Hall–Kier alpha value is -0.610. The second kappa shape index (κ2) is 7.10. The number of nitrogens with one attached hydrogen (secondary N) is 1. The molecule has 0 atom stereocenters. The lowest BCUT2D eigenvalue weighted by Crippen LogP contribution is -2.32. The van der Waals surface area contributed by atoms with Crippen molar-refractivity contribution < 1.29 is 0 Å². The Bertz CT molecular complexity index is 343. The van der Waals surface area contributed by atoms with Crippen LogP contribution in [0.4, 0.5) is 5.13 Å². The molecule has 18 heavy (non-hydrogen) atoms. The van der Waals surface area contributed by atoms with Crippen molar-refractivity contribution in [2.75, 3.05) is 25.0 Å². The summed E-state index contributed by atoms with van der Waals surface area (Å²) in [6.45, 7) is 9.12. The minimum Gasteiger partial charge on any atom is -0.362 e. The molecule has 0 saturated carbocycles. The molecular formula is C14H25N3S. The average Bonchev–Trinajstić information content (AvgIpc) is 2.85. The third-order valence-corrected chi connectivity index (χ3v) is 4.68. The van der Waals surface area contributed by atoms with E-state index in [4.69, 9.17) is 0 Å². The molecule has 4 heteroatoms. The van der Waals surface area contributed by atoms with Gasteiger partial charge in [-0.1, -0.05) is 20.3 Å². The molecule has 1 fully saturated rings. The number of hydrogen-bond acceptors (Lipinski definition) is 4. The van der Waals surface area contributed by atoms with Gasteiger partial charge in [-0.15, -0.1) is 11.3 Å². The summed E-state index contributed by atoms with van der Waals surface area (Å²) in [4.78, 5) is 8.40. The van der Waals surface area contributed by atoms with Crippen molar-refractivity contribution in [3.63, 3.8) is 0 Å². The third kappa shape index (κ3) is 3.95. The first kappa shape index (κ1) is 13.8. The fraction of sp³-hybridized carbons (Fsp3) is 0.786. The van der Waals surface area contributed by atoms with Crippen molar-refractivity contribution in [2.45, 2.75) is 46.1 Å². The zero-order chi connectivity index (χ0) is 12.8. The maximum atomic E-state index is 4.43. The summed E-state index contributed by atoms with van der Waals surface area (Å²) in [5.74, 6) is 0.962. The van der Waals surface area contributed by atoms with E-state index in [0.717, 1.165) is 30.6 Å². The molecule has 0 bridgehead atoms. The van der Waals surface area contributed by atoms with E-state index in [1.807, 2.05) is 17.5 Å². The molecule has 0 amide bonds. The van der Waals surface area contributed by atoms with Crippen LogP contribution in [0.25, 0.3) is 0 Å². The lowest BCUT2D eigenvalue weighted by Gasteiger charge is -2.30. The summed E-state index contributed by atoms with van der Waals surface area (Å²) in [5.41, 5.74) is 0. The van der Waals surface area contributed by atoms with Gasteiger partial charge < -0.3 is 5.32 Å². The molecule has 0 radical (unpaired) electrons. The number of aromatic nitrogens is 1. The molecule has 1 aliphatic rings. The summed E-state index contributed by atoms with van der Waals surface area (Å²) in [6.07, 6.45) is 7.28. The smallest absolute Gasteiger partial charge is 0.182 e. The fourth-order valence-electron chi connectivity index (χ4n) is 2.47. The summed E-state index contributed by atoms with van der Waals surface area (Å²) < 4.78 is 0. The standard InChI is InChI=1S/C14H25N3S/c1-3-7-15-14-16-10-13(18-14)11-17-8-5-12(4-2)6-9-17/h10,12H,3-9,11H2,1-2H3,(H,15,16). The van der Waals surface area contributed by atoms with Crippen LogP contribution in [0.15, 0.2) is 6.20 Å². The van der Waals surface area contributed by atoms with Crippen molar-refractivity contribution in [2.24, 2.45) is 5.92 Å². The molecule has 1 aromatic heterocycles. The molecule has 102 valence electrons. The number of hydrogen-bond donors (Lipinski definition) is 1. The van der Waals surface area contributed by atoms with E-state index >= 15 is 0 Å². The van der Waals surface area contributed by atoms with Crippen molar-refractivity contribution in [3.8, 4) is 0 Å². The molecule has 2 heterocycles. The van der Waals surface area contributed by atoms with Gasteiger partial charge in [0.15, 0.2) is 5.13 Å². The minimum atomic E-state index is 0.962. The van der Waals surface area contributed by atoms with Gasteiger partial charge in [0.25, 0.3) is 0 Å². The van der Waals surface area contributed by atoms with E-state index in [-0.39, 0.29) is 0 Å². The van der Waals surface area contributed by atoms with Gasteiger partial charge in [0.2, 0.25) is 0 Å². The van der Waals surface area contributed by atoms with Crippen LogP contribution in [0, 0.1) is 5.92 Å². The highest BCUT2D eigenvalue weighted by atomic mass is 32.1. The number of rotatable bonds is 6. The average molecular weight is 267 g/mol. The quantitative estimate of drug-likeness (QED) is 0.854. The molecule has 3 nitrogen and oxygen atoms in total. The predicted molar refractivity (Wildman–Crippen MR) is 79.2 cm³/mol. The van der Waals surface area contributed by atoms with E-state index in [2.05, 4.69) is 29.0 Å². The van der Waals surface area contributed by atoms with Crippen molar-refractivity contribution in [1.29, 1.82) is 0 Å². The van der Waals surface area contributed by atoms with E-state index < -0.39 is 0 Å². The summed E-state index contributed by atoms with van der Waals surface area (Å²) >= 11 is 1.81. The Balaban J connectivity index is 1.77. The van der Waals surface area contributed by atoms with Crippen LogP contribution in [-0.2, 0) is 6.54 Å². The Morgan fingerprint density at radius 3 is 2.83 bits per heavy atom. The van der Waals surface area contributed by atoms with Crippen molar-refractivity contribution in [1.82, 2.24) is 9.88 Å². The first-order chi connectivity index (χ1) is 8.81. The molecule has 0 aliphatic carbocycles. The Labute approximate surface area is 115 Å². The SMILES string of the molecule is CCCNc1ncc(CN2CCC(CC)CC2)s1. The van der Waals surface area contributed by atoms with Crippen LogP contribution in [0.5, 0.6) is 0 Å². The molecule has 0 spiro atoms. The molecule has 2 rings (SSSR count). The Kier molecular flexibility index (Phi) is 5.45. The topological polar surface area (TPSA) is 28.2 Å². The molecule has 0 aromatic carbocycles. The van der Waals surface area contributed by atoms with Crippen LogP contribution >= 0.6 is 11.3 Å². The highest BCUT2D eigenvalue weighted by Crippen LogP contribution is 2.24. The van der Waals surface area contributed by atoms with Crippen molar-refractivity contribution >= 4 is 16.5 Å². The lowest BCUT2D eigenvalue weighted by molar-refractivity contribution is 0.176. The number of anilines is 1. The molecule has 1 aromatic rings. The van der Waals surface area contributed by atoms with E-state index in [1.165, 1.54) is 37.2 Å². The first-order valence-corrected chi connectivity index (χ1v) is 8.04. The second-order valence-electron chi connectivity index (χ2n) is 5.19. The zero-order valence-corrected chi connectivity index (χ0v) is 12.4. The normalized spacial score (nSPS) is 18.1. The van der Waals surface area contributed by atoms with Gasteiger partial charge in [0.05, 0.1) is 0 Å². The fourth-order valence-corrected chi connectivity index (χ4v) is 3.35. The largest absolute Gasteiger partial charge is 0.362 e. The first-order valence-electron chi connectivity index (χ1n) is 7.22. The summed E-state index contributed by atoms with van der Waals surface area (Å²) in [7, 11) is 0.